The second-order valence-corrected chi connectivity index (χ2v) is 7.72. The zero-order chi connectivity index (χ0) is 20.3. The maximum Gasteiger partial charge on any atom is 0.211 e. The van der Waals surface area contributed by atoms with Crippen LogP contribution in [-0.4, -0.2) is 42.2 Å². The van der Waals surface area contributed by atoms with Crippen LogP contribution in [0.4, 0.5) is 0 Å². The summed E-state index contributed by atoms with van der Waals surface area (Å²) in [6.45, 7) is 0.406. The molecular weight excluding hydrogens is 400 g/mol. The van der Waals surface area contributed by atoms with Crippen LogP contribution in [0.3, 0.4) is 0 Å². The van der Waals surface area contributed by atoms with Crippen LogP contribution >= 0.6 is 11.8 Å². The Morgan fingerprint density at radius 3 is 2.63 bits per heavy atom. The lowest BCUT2D eigenvalue weighted by Gasteiger charge is -2.13. The van der Waals surface area contributed by atoms with E-state index in [9.17, 15) is 0 Å². The van der Waals surface area contributed by atoms with Crippen LogP contribution in [0.2, 0.25) is 0 Å². The van der Waals surface area contributed by atoms with Gasteiger partial charge in [-0.15, -0.1) is 15.3 Å². The van der Waals surface area contributed by atoms with E-state index in [0.29, 0.717) is 12.4 Å². The molecule has 0 bridgehead atoms. The molecule has 10 heteroatoms. The Bertz CT molecular complexity index is 1160. The number of nitrogens with one attached hydrogen (secondary N) is 1. The van der Waals surface area contributed by atoms with Gasteiger partial charge in [-0.2, -0.15) is 0 Å². The van der Waals surface area contributed by atoms with Crippen molar-refractivity contribution < 1.29 is 4.74 Å². The summed E-state index contributed by atoms with van der Waals surface area (Å²) < 4.78 is 8.81. The van der Waals surface area contributed by atoms with Crippen LogP contribution in [-0.2, 0) is 6.54 Å². The van der Waals surface area contributed by atoms with Gasteiger partial charge >= 0.3 is 0 Å². The molecule has 0 spiro atoms. The minimum atomic E-state index is 0.0462. The van der Waals surface area contributed by atoms with Crippen molar-refractivity contribution in [2.45, 2.75) is 17.0 Å². The lowest BCUT2D eigenvalue weighted by Crippen LogP contribution is -2.18. The van der Waals surface area contributed by atoms with Crippen molar-refractivity contribution in [1.82, 2.24) is 35.1 Å². The first kappa shape index (κ1) is 18.4. The van der Waals surface area contributed by atoms with Gasteiger partial charge in [0.05, 0.1) is 18.1 Å². The third kappa shape index (κ3) is 3.64. The van der Waals surface area contributed by atoms with Crippen molar-refractivity contribution in [3.05, 3.63) is 84.0 Å². The van der Waals surface area contributed by atoms with Crippen LogP contribution in [0.15, 0.2) is 72.2 Å². The molecule has 0 radical (unpaired) electrons. The van der Waals surface area contributed by atoms with E-state index in [2.05, 4.69) is 61.5 Å². The molecule has 1 atom stereocenters. The standard InChI is InChI=1S/C20H18N8OS/c1-29-16-9-7-15(8-10-16)18-11-17(14-5-3-2-4-6-14)24-28-19(22-23-20(28)30-18)12-27-13-21-25-26-27/h2-11,13,18,24H,12H2,1H3. The summed E-state index contributed by atoms with van der Waals surface area (Å²) in [5.41, 5.74) is 6.68. The number of hydrogen-bond donors (Lipinski definition) is 1. The zero-order valence-electron chi connectivity index (χ0n) is 16.1. The SMILES string of the molecule is COc1ccc(C2C=C(c3ccccc3)Nn3c(Cn4cnnn4)nnc3S2)cc1. The van der Waals surface area contributed by atoms with E-state index >= 15 is 0 Å². The van der Waals surface area contributed by atoms with Gasteiger partial charge in [0, 0.05) is 0 Å². The minimum absolute atomic E-state index is 0.0462. The molecule has 150 valence electrons. The molecule has 0 amide bonds. The molecule has 0 saturated heterocycles. The van der Waals surface area contributed by atoms with Gasteiger partial charge in [0.2, 0.25) is 5.16 Å². The van der Waals surface area contributed by atoms with Gasteiger partial charge in [-0.05, 0) is 39.8 Å². The maximum atomic E-state index is 5.30. The molecule has 9 nitrogen and oxygen atoms in total. The average Bonchev–Trinajstić information content (AvgIpc) is 3.39. The van der Waals surface area contributed by atoms with Gasteiger partial charge < -0.3 is 4.74 Å². The highest BCUT2D eigenvalue weighted by molar-refractivity contribution is 7.99. The lowest BCUT2D eigenvalue weighted by atomic mass is 10.1. The van der Waals surface area contributed by atoms with Crippen LogP contribution in [0.1, 0.15) is 22.2 Å². The highest BCUT2D eigenvalue weighted by Gasteiger charge is 2.24. The fraction of sp³-hybridized carbons (Fsp3) is 0.150. The van der Waals surface area contributed by atoms with Gasteiger partial charge in [0.1, 0.15) is 18.6 Å². The molecule has 0 aliphatic carbocycles. The van der Waals surface area contributed by atoms with Gasteiger partial charge in [-0.25, -0.2) is 9.36 Å². The van der Waals surface area contributed by atoms with E-state index < -0.39 is 0 Å². The number of methoxy groups -OCH3 is 1. The van der Waals surface area contributed by atoms with Gasteiger partial charge in [-0.1, -0.05) is 54.2 Å². The topological polar surface area (TPSA) is 95.6 Å². The molecule has 4 aromatic rings. The molecule has 30 heavy (non-hydrogen) atoms. The molecule has 2 aromatic heterocycles. The first-order valence-corrected chi connectivity index (χ1v) is 10.2. The number of hydrogen-bond acceptors (Lipinski definition) is 8. The number of aromatic nitrogens is 7. The Hall–Kier alpha value is -3.66. The van der Waals surface area contributed by atoms with Crippen LogP contribution in [0.5, 0.6) is 5.75 Å². The Morgan fingerprint density at radius 2 is 1.90 bits per heavy atom. The van der Waals surface area contributed by atoms with E-state index in [-0.39, 0.29) is 5.25 Å². The zero-order valence-corrected chi connectivity index (χ0v) is 16.9. The quantitative estimate of drug-likeness (QED) is 0.529. The Kier molecular flexibility index (Phi) is 4.89. The van der Waals surface area contributed by atoms with Crippen molar-refractivity contribution in [2.75, 3.05) is 12.5 Å². The highest BCUT2D eigenvalue weighted by atomic mass is 32.2. The molecule has 1 aliphatic heterocycles. The molecule has 1 aliphatic rings. The summed E-state index contributed by atoms with van der Waals surface area (Å²) in [7, 11) is 1.67. The molecular formula is C20H18N8OS. The molecule has 1 N–H and O–H groups in total. The summed E-state index contributed by atoms with van der Waals surface area (Å²) in [6, 6.07) is 18.3. The van der Waals surface area contributed by atoms with Crippen molar-refractivity contribution in [3.63, 3.8) is 0 Å². The molecule has 1 unspecified atom stereocenters. The summed E-state index contributed by atoms with van der Waals surface area (Å²) in [5.74, 6) is 1.54. The normalized spacial score (nSPS) is 15.6. The third-order valence-corrected chi connectivity index (χ3v) is 5.84. The van der Waals surface area contributed by atoms with E-state index in [4.69, 9.17) is 4.74 Å². The first-order chi connectivity index (χ1) is 14.8. The Morgan fingerprint density at radius 1 is 1.07 bits per heavy atom. The monoisotopic (exact) mass is 418 g/mol. The summed E-state index contributed by atoms with van der Waals surface area (Å²) >= 11 is 1.62. The molecule has 0 fully saturated rings. The first-order valence-electron chi connectivity index (χ1n) is 9.30. The predicted octanol–water partition coefficient (Wildman–Crippen LogP) is 2.75. The Balaban J connectivity index is 1.55. The third-order valence-electron chi connectivity index (χ3n) is 4.71. The van der Waals surface area contributed by atoms with E-state index in [1.165, 1.54) is 0 Å². The second kappa shape index (κ2) is 7.99. The maximum absolute atomic E-state index is 5.30. The van der Waals surface area contributed by atoms with Crippen LogP contribution < -0.4 is 10.2 Å². The number of nitrogens with zero attached hydrogens (tertiary/aromatic N) is 7. The summed E-state index contributed by atoms with van der Waals surface area (Å²) in [6.07, 6.45) is 3.76. The van der Waals surface area contributed by atoms with Crippen molar-refractivity contribution in [1.29, 1.82) is 0 Å². The number of fused-ring (bicyclic) bond motifs is 1. The van der Waals surface area contributed by atoms with Crippen molar-refractivity contribution in [2.24, 2.45) is 0 Å². The lowest BCUT2D eigenvalue weighted by molar-refractivity contribution is 0.414. The highest BCUT2D eigenvalue weighted by Crippen LogP contribution is 2.40. The molecule has 5 rings (SSSR count). The van der Waals surface area contributed by atoms with Gasteiger partial charge in [-0.3, -0.25) is 5.43 Å². The van der Waals surface area contributed by atoms with Crippen molar-refractivity contribution >= 4 is 17.5 Å². The van der Waals surface area contributed by atoms with E-state index in [1.807, 2.05) is 35.0 Å². The molecule has 2 aromatic carbocycles. The van der Waals surface area contributed by atoms with Crippen LogP contribution in [0.25, 0.3) is 5.70 Å². The predicted molar refractivity (Wildman–Crippen MR) is 112 cm³/mol. The van der Waals surface area contributed by atoms with E-state index in [0.717, 1.165) is 27.7 Å². The van der Waals surface area contributed by atoms with E-state index in [1.54, 1.807) is 29.9 Å². The molecule has 3 heterocycles. The van der Waals surface area contributed by atoms with Crippen molar-refractivity contribution in [3.8, 4) is 5.75 Å². The fourth-order valence-corrected chi connectivity index (χ4v) is 4.25. The number of tetrazole rings is 1. The number of thioether (sulfide) groups is 1. The summed E-state index contributed by atoms with van der Waals surface area (Å²) in [5, 5.41) is 20.9. The second-order valence-electron chi connectivity index (χ2n) is 6.61. The van der Waals surface area contributed by atoms with Gasteiger partial charge in [0.15, 0.2) is 5.82 Å². The summed E-state index contributed by atoms with van der Waals surface area (Å²) in [4.78, 5) is 0. The average molecular weight is 418 g/mol. The van der Waals surface area contributed by atoms with Crippen LogP contribution in [0, 0.1) is 0 Å². The number of ether oxygens (including phenoxy) is 1. The number of benzene rings is 2. The fourth-order valence-electron chi connectivity index (χ4n) is 3.18. The number of rotatable bonds is 5. The largest absolute Gasteiger partial charge is 0.497 e. The Labute approximate surface area is 176 Å². The smallest absolute Gasteiger partial charge is 0.211 e. The molecule has 0 saturated carbocycles. The minimum Gasteiger partial charge on any atom is -0.497 e. The van der Waals surface area contributed by atoms with Gasteiger partial charge in [0.25, 0.3) is 0 Å².